The average molecular weight is 1110 g/mol. The van der Waals surface area contributed by atoms with Gasteiger partial charge >= 0.3 is 17.9 Å². The molecule has 0 saturated carbocycles. The van der Waals surface area contributed by atoms with E-state index in [1.807, 2.05) is 0 Å². The summed E-state index contributed by atoms with van der Waals surface area (Å²) in [7, 11) is 0. The number of ether oxygens (including phenoxy) is 3. The highest BCUT2D eigenvalue weighted by molar-refractivity contribution is 5.71. The predicted molar refractivity (Wildman–Crippen MR) is 348 cm³/mol. The predicted octanol–water partition coefficient (Wildman–Crippen LogP) is 23.2. The molecule has 0 aliphatic heterocycles. The Balaban J connectivity index is 4.44. The van der Waals surface area contributed by atoms with Gasteiger partial charge in [-0.2, -0.15) is 0 Å². The van der Waals surface area contributed by atoms with E-state index in [2.05, 4.69) is 142 Å². The van der Waals surface area contributed by atoms with E-state index in [4.69, 9.17) is 14.2 Å². The molecule has 0 aromatic rings. The monoisotopic (exact) mass is 1110 g/mol. The first-order chi connectivity index (χ1) is 39.5. The molecule has 0 saturated heterocycles. The molecule has 6 heteroatoms. The van der Waals surface area contributed by atoms with Gasteiger partial charge < -0.3 is 14.2 Å². The van der Waals surface area contributed by atoms with Gasteiger partial charge in [-0.05, 0) is 103 Å². The molecule has 1 unspecified atom stereocenters. The van der Waals surface area contributed by atoms with Crippen molar-refractivity contribution in [1.29, 1.82) is 0 Å². The first-order valence-electron chi connectivity index (χ1n) is 33.5. The van der Waals surface area contributed by atoms with Crippen molar-refractivity contribution in [1.82, 2.24) is 0 Å². The number of hydrogen-bond acceptors (Lipinski definition) is 6. The van der Waals surface area contributed by atoms with Gasteiger partial charge in [0.1, 0.15) is 13.2 Å². The molecule has 0 rings (SSSR count). The molecule has 0 radical (unpaired) electrons. The summed E-state index contributed by atoms with van der Waals surface area (Å²) in [4.78, 5) is 38.4. The molecule has 456 valence electrons. The molecule has 1 atom stereocenters. The smallest absolute Gasteiger partial charge is 0.306 e. The van der Waals surface area contributed by atoms with Crippen molar-refractivity contribution in [3.8, 4) is 0 Å². The normalized spacial score (nSPS) is 12.9. The van der Waals surface area contributed by atoms with Crippen LogP contribution in [-0.2, 0) is 28.6 Å². The number of carbonyl (C=O) groups excluding carboxylic acids is 3. The zero-order valence-corrected chi connectivity index (χ0v) is 52.3. The van der Waals surface area contributed by atoms with Crippen LogP contribution in [0.4, 0.5) is 0 Å². The average Bonchev–Trinajstić information content (AvgIpc) is 3.46. The fraction of sp³-hybridized carbons (Fsp3) is 0.689. The first-order valence-corrected chi connectivity index (χ1v) is 33.5. The molecule has 0 aromatic heterocycles. The molecule has 0 fully saturated rings. The van der Waals surface area contributed by atoms with Crippen LogP contribution in [0, 0.1) is 0 Å². The molecule has 0 N–H and O–H groups in total. The van der Waals surface area contributed by atoms with Gasteiger partial charge in [0.25, 0.3) is 0 Å². The summed E-state index contributed by atoms with van der Waals surface area (Å²) >= 11 is 0. The quantitative estimate of drug-likeness (QED) is 0.0261. The summed E-state index contributed by atoms with van der Waals surface area (Å²) in [6.07, 6.45) is 93.6. The summed E-state index contributed by atoms with van der Waals surface area (Å²) in [5, 5.41) is 0. The first kappa shape index (κ1) is 75.8. The molecule has 0 bridgehead atoms. The Morgan fingerprint density at radius 2 is 0.500 bits per heavy atom. The minimum atomic E-state index is -0.810. The second-order valence-electron chi connectivity index (χ2n) is 22.0. The zero-order valence-electron chi connectivity index (χ0n) is 52.3. The van der Waals surface area contributed by atoms with Crippen LogP contribution in [0.5, 0.6) is 0 Å². The molecular formula is C74H124O6. The van der Waals surface area contributed by atoms with Crippen LogP contribution in [0.15, 0.2) is 122 Å². The van der Waals surface area contributed by atoms with Crippen LogP contribution in [0.1, 0.15) is 310 Å². The largest absolute Gasteiger partial charge is 0.462 e. The Labute approximate surface area is 494 Å². The van der Waals surface area contributed by atoms with Gasteiger partial charge in [-0.25, -0.2) is 0 Å². The molecule has 0 amide bonds. The van der Waals surface area contributed by atoms with E-state index in [1.165, 1.54) is 148 Å². The van der Waals surface area contributed by atoms with E-state index in [9.17, 15) is 14.4 Å². The lowest BCUT2D eigenvalue weighted by molar-refractivity contribution is -0.167. The Morgan fingerprint density at radius 3 is 0.812 bits per heavy atom. The van der Waals surface area contributed by atoms with Gasteiger partial charge in [0.05, 0.1) is 0 Å². The standard InChI is InChI=1S/C74H124O6/c1-4-7-10-13-16-19-22-25-28-31-33-35-37-39-40-43-46-49-52-55-58-61-64-67-73(76)79-70-71(69-78-72(75)66-63-60-57-54-51-48-45-42-30-27-24-21-18-15-12-9-6-3)80-74(77)68-65-62-59-56-53-50-47-44-41-38-36-34-32-29-26-23-20-17-14-11-8-5-2/h7,9-10,12,16,18-19,21,25,27-28,30,33,35,39-40,45,48,54,57,71H,4-6,8,11,13-15,17,20,22-24,26,29,31-32,34,36-38,41-44,46-47,49-53,55-56,58-70H2,1-3H3/b10-7-,12-9-,19-16-,21-18-,28-25-,30-27-,35-33-,40-39-,48-45-,57-54-. The minimum Gasteiger partial charge on any atom is -0.462 e. The second kappa shape index (κ2) is 67.3. The van der Waals surface area contributed by atoms with Crippen LogP contribution in [0.3, 0.4) is 0 Å². The van der Waals surface area contributed by atoms with Crippen molar-refractivity contribution in [3.05, 3.63) is 122 Å². The Hall–Kier alpha value is -4.19. The van der Waals surface area contributed by atoms with Crippen LogP contribution >= 0.6 is 0 Å². The number of hydrogen-bond donors (Lipinski definition) is 0. The van der Waals surface area contributed by atoms with Crippen molar-refractivity contribution in [2.75, 3.05) is 13.2 Å². The van der Waals surface area contributed by atoms with E-state index < -0.39 is 6.10 Å². The van der Waals surface area contributed by atoms with Crippen molar-refractivity contribution in [2.24, 2.45) is 0 Å². The molecule has 0 heterocycles. The van der Waals surface area contributed by atoms with Crippen molar-refractivity contribution in [2.45, 2.75) is 316 Å². The maximum atomic E-state index is 12.9. The maximum Gasteiger partial charge on any atom is 0.306 e. The van der Waals surface area contributed by atoms with Gasteiger partial charge in [-0.3, -0.25) is 14.4 Å². The summed E-state index contributed by atoms with van der Waals surface area (Å²) in [5.41, 5.74) is 0. The second-order valence-corrected chi connectivity index (χ2v) is 22.0. The third-order valence-corrected chi connectivity index (χ3v) is 14.2. The summed E-state index contributed by atoms with van der Waals surface area (Å²) in [5.74, 6) is -0.962. The van der Waals surface area contributed by atoms with E-state index in [0.717, 1.165) is 116 Å². The van der Waals surface area contributed by atoms with Gasteiger partial charge in [-0.15, -0.1) is 0 Å². The molecule has 0 spiro atoms. The highest BCUT2D eigenvalue weighted by Crippen LogP contribution is 2.17. The van der Waals surface area contributed by atoms with Crippen molar-refractivity contribution < 1.29 is 28.6 Å². The topological polar surface area (TPSA) is 78.9 Å². The van der Waals surface area contributed by atoms with E-state index in [-0.39, 0.29) is 37.5 Å². The number of rotatable bonds is 60. The molecule has 6 nitrogen and oxygen atoms in total. The number of unbranched alkanes of at least 4 members (excludes halogenated alkanes) is 29. The summed E-state index contributed by atoms with van der Waals surface area (Å²) < 4.78 is 16.9. The molecular weight excluding hydrogens is 985 g/mol. The maximum absolute atomic E-state index is 12.9. The van der Waals surface area contributed by atoms with E-state index in [1.54, 1.807) is 0 Å². The van der Waals surface area contributed by atoms with Crippen LogP contribution < -0.4 is 0 Å². The third-order valence-electron chi connectivity index (χ3n) is 14.2. The third kappa shape index (κ3) is 64.6. The van der Waals surface area contributed by atoms with Gasteiger partial charge in [0, 0.05) is 19.3 Å². The highest BCUT2D eigenvalue weighted by Gasteiger charge is 2.19. The molecule has 80 heavy (non-hydrogen) atoms. The Kier molecular flexibility index (Phi) is 63.8. The van der Waals surface area contributed by atoms with Crippen LogP contribution in [0.25, 0.3) is 0 Å². The Bertz CT molecular complexity index is 1650. The molecule has 0 aliphatic carbocycles. The lowest BCUT2D eigenvalue weighted by Gasteiger charge is -2.18. The van der Waals surface area contributed by atoms with E-state index >= 15 is 0 Å². The van der Waals surface area contributed by atoms with Crippen LogP contribution in [-0.4, -0.2) is 37.2 Å². The van der Waals surface area contributed by atoms with Crippen LogP contribution in [0.2, 0.25) is 0 Å². The number of esters is 3. The SMILES string of the molecule is CC/C=C\C/C=C\C/C=C\C/C=C\C/C=C\CCCCCCCCCC(=O)OCC(COC(=O)CCC/C=C\C/C=C\C/C=C\C/C=C\C/C=C\CC)OC(=O)CCCCCCCCCCCCCCCCCCCCCCCC. The Morgan fingerprint density at radius 1 is 0.263 bits per heavy atom. The van der Waals surface area contributed by atoms with Gasteiger partial charge in [0.15, 0.2) is 6.10 Å². The van der Waals surface area contributed by atoms with Crippen molar-refractivity contribution in [3.63, 3.8) is 0 Å². The van der Waals surface area contributed by atoms with Gasteiger partial charge in [-0.1, -0.05) is 309 Å². The minimum absolute atomic E-state index is 0.102. The fourth-order valence-electron chi connectivity index (χ4n) is 9.27. The number of carbonyl (C=O) groups is 3. The lowest BCUT2D eigenvalue weighted by atomic mass is 10.0. The van der Waals surface area contributed by atoms with Gasteiger partial charge in [0.2, 0.25) is 0 Å². The summed E-state index contributed by atoms with van der Waals surface area (Å²) in [6, 6.07) is 0. The molecule has 0 aliphatic rings. The van der Waals surface area contributed by atoms with E-state index in [0.29, 0.717) is 19.3 Å². The fourth-order valence-corrected chi connectivity index (χ4v) is 9.27. The lowest BCUT2D eigenvalue weighted by Crippen LogP contribution is -2.30. The highest BCUT2D eigenvalue weighted by atomic mass is 16.6. The van der Waals surface area contributed by atoms with Crippen molar-refractivity contribution >= 4 is 17.9 Å². The number of allylic oxidation sites excluding steroid dienone is 20. The molecule has 0 aromatic carbocycles. The zero-order chi connectivity index (χ0) is 57.8. The summed E-state index contributed by atoms with van der Waals surface area (Å²) in [6.45, 7) is 6.39.